The standard InChI is InChI=1S/C12H17NO2/c1-9(2)15-12(14)13-10(3)11-7-5-4-6-8-11/h4-10H,1-3H3,(H,13,14)/t10-/m1/s1. The monoisotopic (exact) mass is 207 g/mol. The van der Waals surface area contributed by atoms with Gasteiger partial charge in [0.05, 0.1) is 12.1 Å². The van der Waals surface area contributed by atoms with Gasteiger partial charge >= 0.3 is 6.09 Å². The van der Waals surface area contributed by atoms with Gasteiger partial charge in [0.25, 0.3) is 0 Å². The lowest BCUT2D eigenvalue weighted by molar-refractivity contribution is 0.113. The third-order valence-corrected chi connectivity index (χ3v) is 1.98. The fraction of sp³-hybridized carbons (Fsp3) is 0.417. The zero-order valence-corrected chi connectivity index (χ0v) is 9.36. The zero-order valence-electron chi connectivity index (χ0n) is 9.36. The molecular formula is C12H17NO2. The van der Waals surface area contributed by atoms with Crippen LogP contribution in [0.25, 0.3) is 0 Å². The summed E-state index contributed by atoms with van der Waals surface area (Å²) in [7, 11) is 0. The van der Waals surface area contributed by atoms with E-state index in [0.717, 1.165) is 5.56 Å². The molecule has 0 fully saturated rings. The lowest BCUT2D eigenvalue weighted by Crippen LogP contribution is -2.29. The number of nitrogens with one attached hydrogen (secondary N) is 1. The highest BCUT2D eigenvalue weighted by Gasteiger charge is 2.10. The van der Waals surface area contributed by atoms with Crippen LogP contribution in [0.15, 0.2) is 30.3 Å². The second-order valence-corrected chi connectivity index (χ2v) is 3.73. The molecule has 0 aliphatic heterocycles. The Morgan fingerprint density at radius 3 is 2.33 bits per heavy atom. The molecule has 0 radical (unpaired) electrons. The van der Waals surface area contributed by atoms with Crippen LogP contribution in [0.2, 0.25) is 0 Å². The Hall–Kier alpha value is -1.51. The number of rotatable bonds is 3. The maximum absolute atomic E-state index is 11.3. The Kier molecular flexibility index (Phi) is 4.16. The molecule has 0 saturated carbocycles. The summed E-state index contributed by atoms with van der Waals surface area (Å²) < 4.78 is 4.99. The molecule has 1 rings (SSSR count). The highest BCUT2D eigenvalue weighted by Crippen LogP contribution is 2.11. The number of amides is 1. The first-order valence-electron chi connectivity index (χ1n) is 5.11. The molecule has 0 heterocycles. The van der Waals surface area contributed by atoms with Gasteiger partial charge in [-0.25, -0.2) is 4.79 Å². The Labute approximate surface area is 90.4 Å². The molecule has 0 saturated heterocycles. The van der Waals surface area contributed by atoms with E-state index in [0.29, 0.717) is 0 Å². The third-order valence-electron chi connectivity index (χ3n) is 1.98. The predicted molar refractivity (Wildman–Crippen MR) is 59.6 cm³/mol. The predicted octanol–water partition coefficient (Wildman–Crippen LogP) is 2.88. The van der Waals surface area contributed by atoms with Gasteiger partial charge in [0, 0.05) is 0 Å². The average Bonchev–Trinajstić information content (AvgIpc) is 2.17. The number of ether oxygens (including phenoxy) is 1. The summed E-state index contributed by atoms with van der Waals surface area (Å²) in [6.45, 7) is 5.58. The molecule has 15 heavy (non-hydrogen) atoms. The normalized spacial score (nSPS) is 12.3. The van der Waals surface area contributed by atoms with Crippen LogP contribution in [0.3, 0.4) is 0 Å². The van der Waals surface area contributed by atoms with Crippen molar-refractivity contribution in [2.75, 3.05) is 0 Å². The van der Waals surface area contributed by atoms with E-state index in [1.54, 1.807) is 0 Å². The van der Waals surface area contributed by atoms with Crippen LogP contribution in [0, 0.1) is 0 Å². The summed E-state index contributed by atoms with van der Waals surface area (Å²) in [5.74, 6) is 0. The number of carbonyl (C=O) groups excluding carboxylic acids is 1. The van der Waals surface area contributed by atoms with Crippen molar-refractivity contribution in [3.63, 3.8) is 0 Å². The number of benzene rings is 1. The van der Waals surface area contributed by atoms with Crippen molar-refractivity contribution in [3.05, 3.63) is 35.9 Å². The van der Waals surface area contributed by atoms with Crippen LogP contribution in [0.4, 0.5) is 4.79 Å². The number of carbonyl (C=O) groups is 1. The molecule has 1 aromatic rings. The van der Waals surface area contributed by atoms with E-state index in [2.05, 4.69) is 5.32 Å². The van der Waals surface area contributed by atoms with E-state index in [1.165, 1.54) is 0 Å². The van der Waals surface area contributed by atoms with Crippen molar-refractivity contribution in [2.24, 2.45) is 0 Å². The molecule has 0 spiro atoms. The Balaban J connectivity index is 2.49. The second-order valence-electron chi connectivity index (χ2n) is 3.73. The lowest BCUT2D eigenvalue weighted by Gasteiger charge is -2.15. The van der Waals surface area contributed by atoms with E-state index in [1.807, 2.05) is 51.1 Å². The molecule has 1 N–H and O–H groups in total. The molecule has 0 bridgehead atoms. The summed E-state index contributed by atoms with van der Waals surface area (Å²) in [4.78, 5) is 11.3. The largest absolute Gasteiger partial charge is 0.447 e. The molecule has 0 aliphatic rings. The van der Waals surface area contributed by atoms with Crippen LogP contribution in [0.1, 0.15) is 32.4 Å². The minimum absolute atomic E-state index is 0.0301. The van der Waals surface area contributed by atoms with Gasteiger partial charge in [-0.15, -0.1) is 0 Å². The van der Waals surface area contributed by atoms with Gasteiger partial charge in [-0.3, -0.25) is 0 Å². The van der Waals surface area contributed by atoms with Crippen LogP contribution < -0.4 is 5.32 Å². The van der Waals surface area contributed by atoms with E-state index in [-0.39, 0.29) is 18.2 Å². The minimum Gasteiger partial charge on any atom is -0.447 e. The maximum Gasteiger partial charge on any atom is 0.407 e. The van der Waals surface area contributed by atoms with Gasteiger partial charge < -0.3 is 10.1 Å². The van der Waals surface area contributed by atoms with Crippen molar-refractivity contribution in [3.8, 4) is 0 Å². The number of hydrogen-bond donors (Lipinski definition) is 1. The highest BCUT2D eigenvalue weighted by molar-refractivity contribution is 5.68. The van der Waals surface area contributed by atoms with Crippen molar-refractivity contribution in [1.82, 2.24) is 5.32 Å². The van der Waals surface area contributed by atoms with E-state index < -0.39 is 0 Å². The fourth-order valence-electron chi connectivity index (χ4n) is 1.25. The third kappa shape index (κ3) is 4.02. The molecule has 0 aliphatic carbocycles. The van der Waals surface area contributed by atoms with Gasteiger partial charge in [-0.05, 0) is 26.3 Å². The maximum atomic E-state index is 11.3. The first-order chi connectivity index (χ1) is 7.09. The second kappa shape index (κ2) is 5.39. The number of hydrogen-bond acceptors (Lipinski definition) is 2. The molecular weight excluding hydrogens is 190 g/mol. The van der Waals surface area contributed by atoms with E-state index in [4.69, 9.17) is 4.74 Å². The first kappa shape index (κ1) is 11.6. The van der Waals surface area contributed by atoms with Gasteiger partial charge in [0.2, 0.25) is 0 Å². The van der Waals surface area contributed by atoms with Crippen molar-refractivity contribution in [1.29, 1.82) is 0 Å². The average molecular weight is 207 g/mol. The summed E-state index contributed by atoms with van der Waals surface area (Å²) in [5, 5.41) is 2.77. The quantitative estimate of drug-likeness (QED) is 0.827. The summed E-state index contributed by atoms with van der Waals surface area (Å²) in [5.41, 5.74) is 1.07. The molecule has 0 unspecified atom stereocenters. The van der Waals surface area contributed by atoms with Crippen molar-refractivity contribution in [2.45, 2.75) is 32.9 Å². The fourth-order valence-corrected chi connectivity index (χ4v) is 1.25. The molecule has 3 nitrogen and oxygen atoms in total. The van der Waals surface area contributed by atoms with E-state index in [9.17, 15) is 4.79 Å². The number of alkyl carbamates (subject to hydrolysis) is 1. The summed E-state index contributed by atoms with van der Waals surface area (Å²) in [6.07, 6.45) is -0.464. The molecule has 1 aromatic carbocycles. The van der Waals surface area contributed by atoms with Crippen molar-refractivity contribution < 1.29 is 9.53 Å². The molecule has 3 heteroatoms. The Morgan fingerprint density at radius 1 is 1.20 bits per heavy atom. The first-order valence-corrected chi connectivity index (χ1v) is 5.11. The van der Waals surface area contributed by atoms with E-state index >= 15 is 0 Å². The van der Waals surface area contributed by atoms with Crippen LogP contribution in [-0.4, -0.2) is 12.2 Å². The molecule has 1 amide bonds. The molecule has 82 valence electrons. The van der Waals surface area contributed by atoms with Gasteiger partial charge in [0.1, 0.15) is 0 Å². The topological polar surface area (TPSA) is 38.3 Å². The van der Waals surface area contributed by atoms with Gasteiger partial charge in [0.15, 0.2) is 0 Å². The SMILES string of the molecule is CC(C)OC(=O)N[C@H](C)c1ccccc1. The minimum atomic E-state index is -0.374. The van der Waals surface area contributed by atoms with Crippen LogP contribution >= 0.6 is 0 Å². The van der Waals surface area contributed by atoms with Crippen LogP contribution in [-0.2, 0) is 4.74 Å². The molecule has 1 atom stereocenters. The summed E-state index contributed by atoms with van der Waals surface area (Å²) >= 11 is 0. The smallest absolute Gasteiger partial charge is 0.407 e. The van der Waals surface area contributed by atoms with Crippen molar-refractivity contribution >= 4 is 6.09 Å². The summed E-state index contributed by atoms with van der Waals surface area (Å²) in [6, 6.07) is 9.75. The highest BCUT2D eigenvalue weighted by atomic mass is 16.6. The van der Waals surface area contributed by atoms with Gasteiger partial charge in [-0.2, -0.15) is 0 Å². The van der Waals surface area contributed by atoms with Crippen LogP contribution in [0.5, 0.6) is 0 Å². The van der Waals surface area contributed by atoms with Gasteiger partial charge in [-0.1, -0.05) is 30.3 Å². The zero-order chi connectivity index (χ0) is 11.3. The Bertz CT molecular complexity index is 309. The Morgan fingerprint density at radius 2 is 1.80 bits per heavy atom. The lowest BCUT2D eigenvalue weighted by atomic mass is 10.1. The molecule has 0 aromatic heterocycles.